The zero-order valence-corrected chi connectivity index (χ0v) is 22.4. The lowest BCUT2D eigenvalue weighted by Crippen LogP contribution is -2.39. The van der Waals surface area contributed by atoms with Crippen LogP contribution in [0.1, 0.15) is 74.5 Å². The first kappa shape index (κ1) is 27.2. The normalized spacial score (nSPS) is 17.3. The molecule has 0 aliphatic carbocycles. The van der Waals surface area contributed by atoms with E-state index >= 15 is 0 Å². The van der Waals surface area contributed by atoms with E-state index in [9.17, 15) is 22.8 Å². The second-order valence-corrected chi connectivity index (χ2v) is 10.9. The van der Waals surface area contributed by atoms with Crippen molar-refractivity contribution in [1.82, 2.24) is 14.8 Å². The minimum Gasteiger partial charge on any atom is -0.496 e. The lowest BCUT2D eigenvalue weighted by atomic mass is 9.88. The summed E-state index contributed by atoms with van der Waals surface area (Å²) < 4.78 is 45.6. The van der Waals surface area contributed by atoms with Crippen LogP contribution < -0.4 is 4.74 Å². The maximum absolute atomic E-state index is 13.4. The third kappa shape index (κ3) is 5.80. The van der Waals surface area contributed by atoms with Crippen molar-refractivity contribution in [3.63, 3.8) is 0 Å². The summed E-state index contributed by atoms with van der Waals surface area (Å²) in [5.41, 5.74) is 0.380. The fraction of sp³-hybridized carbons (Fsp3) is 0.414. The Morgan fingerprint density at radius 2 is 1.46 bits per heavy atom. The molecule has 2 fully saturated rings. The second-order valence-electron chi connectivity index (χ2n) is 9.99. The van der Waals surface area contributed by atoms with Crippen molar-refractivity contribution in [2.75, 3.05) is 33.3 Å². The van der Waals surface area contributed by atoms with Gasteiger partial charge in [0.05, 0.1) is 23.2 Å². The first-order valence-corrected chi connectivity index (χ1v) is 14.0. The Hall–Kier alpha value is -3.40. The number of benzene rings is 2. The van der Waals surface area contributed by atoms with Gasteiger partial charge in [0.15, 0.2) is 0 Å². The van der Waals surface area contributed by atoms with Crippen molar-refractivity contribution in [1.29, 1.82) is 0 Å². The maximum atomic E-state index is 13.4. The molecule has 0 unspecified atom stereocenters. The first-order valence-electron chi connectivity index (χ1n) is 13.1. The summed E-state index contributed by atoms with van der Waals surface area (Å²) in [6, 6.07) is 12.9. The summed E-state index contributed by atoms with van der Waals surface area (Å²) in [6.45, 7) is 1.98. The summed E-state index contributed by atoms with van der Waals surface area (Å²) in [7, 11) is 1.67. The summed E-state index contributed by atoms with van der Waals surface area (Å²) in [5, 5.41) is 2.63. The van der Waals surface area contributed by atoms with Crippen molar-refractivity contribution >= 4 is 23.2 Å². The topological polar surface area (TPSA) is 62.7 Å². The van der Waals surface area contributed by atoms with Crippen LogP contribution in [0.25, 0.3) is 0 Å². The van der Waals surface area contributed by atoms with Crippen LogP contribution >= 0.6 is 11.3 Å². The molecule has 3 heterocycles. The molecule has 2 aliphatic rings. The number of hydrogen-bond acceptors (Lipinski definition) is 5. The number of thiazole rings is 1. The van der Waals surface area contributed by atoms with Crippen molar-refractivity contribution in [2.45, 2.75) is 43.7 Å². The van der Waals surface area contributed by atoms with E-state index < -0.39 is 17.6 Å². The van der Waals surface area contributed by atoms with Gasteiger partial charge in [-0.05, 0) is 55.4 Å². The molecule has 2 aromatic carbocycles. The smallest absolute Gasteiger partial charge is 0.417 e. The lowest BCUT2D eigenvalue weighted by Gasteiger charge is -2.32. The summed E-state index contributed by atoms with van der Waals surface area (Å²) in [5.74, 6) is 0.603. The van der Waals surface area contributed by atoms with E-state index in [0.717, 1.165) is 29.7 Å². The van der Waals surface area contributed by atoms with E-state index in [1.807, 2.05) is 23.1 Å². The lowest BCUT2D eigenvalue weighted by molar-refractivity contribution is -0.138. The molecule has 2 saturated heterocycles. The summed E-state index contributed by atoms with van der Waals surface area (Å²) >= 11 is 1.44. The number of carbonyl (C=O) groups excluding carboxylic acids is 2. The number of alkyl halides is 3. The number of halogens is 3. The van der Waals surface area contributed by atoms with Crippen LogP contribution in [0, 0.1) is 0 Å². The molecule has 5 rings (SSSR count). The van der Waals surface area contributed by atoms with Crippen LogP contribution in [-0.4, -0.2) is 59.9 Å². The van der Waals surface area contributed by atoms with E-state index in [0.29, 0.717) is 50.6 Å². The average molecular weight is 558 g/mol. The van der Waals surface area contributed by atoms with Gasteiger partial charge in [-0.3, -0.25) is 9.59 Å². The molecule has 6 nitrogen and oxygen atoms in total. The molecule has 10 heteroatoms. The molecule has 206 valence electrons. The molecule has 0 atom stereocenters. The van der Waals surface area contributed by atoms with Crippen LogP contribution in [0.2, 0.25) is 0 Å². The molecule has 2 aliphatic heterocycles. The van der Waals surface area contributed by atoms with Crippen LogP contribution in [0.3, 0.4) is 0 Å². The molecule has 0 bridgehead atoms. The largest absolute Gasteiger partial charge is 0.496 e. The number of amides is 2. The molecule has 2 amide bonds. The monoisotopic (exact) mass is 557 g/mol. The number of likely N-dealkylation sites (tertiary alicyclic amines) is 2. The van der Waals surface area contributed by atoms with Crippen LogP contribution in [0.15, 0.2) is 53.9 Å². The fourth-order valence-electron chi connectivity index (χ4n) is 5.55. The molecular formula is C29H30F3N3O3S. The van der Waals surface area contributed by atoms with E-state index in [1.54, 1.807) is 12.5 Å². The first-order chi connectivity index (χ1) is 18.8. The molecular weight excluding hydrogens is 527 g/mol. The number of para-hydroxylation sites is 1. The van der Waals surface area contributed by atoms with Crippen molar-refractivity contribution in [2.24, 2.45) is 0 Å². The highest BCUT2D eigenvalue weighted by molar-refractivity contribution is 7.09. The van der Waals surface area contributed by atoms with Gasteiger partial charge in [-0.15, -0.1) is 11.3 Å². The number of carbonyl (C=O) groups is 2. The summed E-state index contributed by atoms with van der Waals surface area (Å²) in [6.07, 6.45) is -1.70. The van der Waals surface area contributed by atoms with Gasteiger partial charge in [0.25, 0.3) is 11.8 Å². The predicted molar refractivity (Wildman–Crippen MR) is 142 cm³/mol. The molecule has 39 heavy (non-hydrogen) atoms. The highest BCUT2D eigenvalue weighted by Gasteiger charge is 2.37. The minimum atomic E-state index is -4.59. The van der Waals surface area contributed by atoms with Gasteiger partial charge in [-0.25, -0.2) is 4.98 Å². The van der Waals surface area contributed by atoms with Crippen LogP contribution in [0.5, 0.6) is 5.75 Å². The number of aromatic nitrogens is 1. The molecule has 0 spiro atoms. The van der Waals surface area contributed by atoms with Gasteiger partial charge < -0.3 is 14.5 Å². The quantitative estimate of drug-likeness (QED) is 0.374. The molecule has 0 saturated carbocycles. The molecule has 3 aromatic rings. The van der Waals surface area contributed by atoms with E-state index in [4.69, 9.17) is 4.74 Å². The Morgan fingerprint density at radius 1 is 0.872 bits per heavy atom. The van der Waals surface area contributed by atoms with Gasteiger partial charge in [0.1, 0.15) is 11.4 Å². The molecule has 0 N–H and O–H groups in total. The van der Waals surface area contributed by atoms with E-state index in [-0.39, 0.29) is 17.4 Å². The predicted octanol–water partition coefficient (Wildman–Crippen LogP) is 6.21. The number of rotatable bonds is 5. The Morgan fingerprint density at radius 3 is 2.13 bits per heavy atom. The second kappa shape index (κ2) is 11.4. The van der Waals surface area contributed by atoms with Crippen LogP contribution in [0.4, 0.5) is 13.2 Å². The Balaban J connectivity index is 1.17. The van der Waals surface area contributed by atoms with E-state index in [2.05, 4.69) is 11.1 Å². The summed E-state index contributed by atoms with van der Waals surface area (Å²) in [4.78, 5) is 34.0. The Kier molecular flexibility index (Phi) is 7.93. The highest BCUT2D eigenvalue weighted by atomic mass is 32.1. The minimum absolute atomic E-state index is 0.0646. The average Bonchev–Trinajstić information content (AvgIpc) is 3.46. The standard InChI is InChI=1S/C29H30F3N3O3S/c1-38-25-9-5-3-6-21(25)19-10-14-35(15-11-19)28(37)24-18-39-26(33-24)20-12-16-34(17-13-20)27(36)22-7-2-4-8-23(22)29(30,31)32/h2-9,18-20H,10-17H2,1H3. The van der Waals surface area contributed by atoms with Gasteiger partial charge >= 0.3 is 6.18 Å². The van der Waals surface area contributed by atoms with E-state index in [1.165, 1.54) is 40.0 Å². The highest BCUT2D eigenvalue weighted by Crippen LogP contribution is 2.36. The van der Waals surface area contributed by atoms with Gasteiger partial charge in [0, 0.05) is 37.5 Å². The number of piperidine rings is 2. The third-order valence-electron chi connectivity index (χ3n) is 7.70. The number of nitrogens with zero attached hydrogens (tertiary/aromatic N) is 3. The molecule has 1 aromatic heterocycles. The van der Waals surface area contributed by atoms with Gasteiger partial charge in [0.2, 0.25) is 0 Å². The molecule has 0 radical (unpaired) electrons. The fourth-order valence-corrected chi connectivity index (χ4v) is 6.51. The SMILES string of the molecule is COc1ccccc1C1CCN(C(=O)c2csc(C3CCN(C(=O)c4ccccc4C(F)(F)F)CC3)n2)CC1. The Bertz CT molecular complexity index is 1330. The van der Waals surface area contributed by atoms with Crippen molar-refractivity contribution in [3.8, 4) is 5.75 Å². The number of methoxy groups -OCH3 is 1. The zero-order valence-electron chi connectivity index (χ0n) is 21.6. The van der Waals surface area contributed by atoms with Crippen molar-refractivity contribution in [3.05, 3.63) is 81.3 Å². The van der Waals surface area contributed by atoms with Crippen molar-refractivity contribution < 1.29 is 27.5 Å². The van der Waals surface area contributed by atoms with Gasteiger partial charge in [-0.1, -0.05) is 30.3 Å². The zero-order chi connectivity index (χ0) is 27.6. The van der Waals surface area contributed by atoms with Crippen LogP contribution in [-0.2, 0) is 6.18 Å². The third-order valence-corrected chi connectivity index (χ3v) is 8.70. The van der Waals surface area contributed by atoms with Gasteiger partial charge in [-0.2, -0.15) is 13.2 Å². The number of hydrogen-bond donors (Lipinski definition) is 0. The maximum Gasteiger partial charge on any atom is 0.417 e. The Labute approximate surface area is 229 Å². The number of ether oxygens (including phenoxy) is 1.